The zero-order valence-electron chi connectivity index (χ0n) is 17.9. The highest BCUT2D eigenvalue weighted by atomic mass is 19.1. The van der Waals surface area contributed by atoms with Gasteiger partial charge >= 0.3 is 0 Å². The Morgan fingerprint density at radius 1 is 1.12 bits per heavy atom. The molecule has 0 spiro atoms. The van der Waals surface area contributed by atoms with Crippen LogP contribution < -0.4 is 5.32 Å². The molecule has 4 aromatic rings. The predicted molar refractivity (Wildman–Crippen MR) is 118 cm³/mol. The topological polar surface area (TPSA) is 106 Å². The summed E-state index contributed by atoms with van der Waals surface area (Å²) < 4.78 is 19.9. The second-order valence-corrected chi connectivity index (χ2v) is 7.23. The number of carbonyl (C=O) groups excluding carboxylic acids is 1. The maximum absolute atomic E-state index is 14.8. The van der Waals surface area contributed by atoms with Crippen LogP contribution in [0.15, 0.2) is 43.0 Å². The third-order valence-electron chi connectivity index (χ3n) is 5.10. The number of halogens is 1. The van der Waals surface area contributed by atoms with Crippen LogP contribution >= 0.6 is 0 Å². The second kappa shape index (κ2) is 9.61. The molecule has 0 amide bonds. The first-order valence-corrected chi connectivity index (χ1v) is 10.3. The first kappa shape index (κ1) is 21.5. The summed E-state index contributed by atoms with van der Waals surface area (Å²) in [5.74, 6) is -0.832. The SMILES string of the molecule is CCc1ccc(Cc2ccc(C(=O)c3c[nH]c4ncnc(NCCOC)c34)c(F)n2)cn1. The summed E-state index contributed by atoms with van der Waals surface area (Å²) in [6.45, 7) is 3.00. The number of nitrogens with zero attached hydrogens (tertiary/aromatic N) is 4. The molecular weight excluding hydrogens is 411 g/mol. The molecule has 0 radical (unpaired) electrons. The summed E-state index contributed by atoms with van der Waals surface area (Å²) >= 11 is 0. The summed E-state index contributed by atoms with van der Waals surface area (Å²) in [7, 11) is 1.60. The molecule has 32 heavy (non-hydrogen) atoms. The van der Waals surface area contributed by atoms with E-state index in [-0.39, 0.29) is 11.1 Å². The molecule has 0 fully saturated rings. The van der Waals surface area contributed by atoms with Crippen molar-refractivity contribution >= 4 is 22.6 Å². The highest BCUT2D eigenvalue weighted by Crippen LogP contribution is 2.26. The number of methoxy groups -OCH3 is 1. The minimum Gasteiger partial charge on any atom is -0.383 e. The van der Waals surface area contributed by atoms with Gasteiger partial charge < -0.3 is 15.0 Å². The van der Waals surface area contributed by atoms with Gasteiger partial charge in [0, 0.05) is 43.9 Å². The Bertz CT molecular complexity index is 1240. The summed E-state index contributed by atoms with van der Waals surface area (Å²) in [4.78, 5) is 32.8. The number of H-pyrrole nitrogens is 1. The van der Waals surface area contributed by atoms with Crippen molar-refractivity contribution in [2.24, 2.45) is 0 Å². The second-order valence-electron chi connectivity index (χ2n) is 7.23. The third kappa shape index (κ3) is 4.47. The van der Waals surface area contributed by atoms with Crippen molar-refractivity contribution in [1.82, 2.24) is 24.9 Å². The van der Waals surface area contributed by atoms with Crippen molar-refractivity contribution < 1.29 is 13.9 Å². The third-order valence-corrected chi connectivity index (χ3v) is 5.10. The van der Waals surface area contributed by atoms with Crippen molar-refractivity contribution in [1.29, 1.82) is 0 Å². The van der Waals surface area contributed by atoms with E-state index < -0.39 is 11.7 Å². The van der Waals surface area contributed by atoms with E-state index >= 15 is 0 Å². The van der Waals surface area contributed by atoms with Gasteiger partial charge in [0.25, 0.3) is 0 Å². The fourth-order valence-electron chi connectivity index (χ4n) is 3.41. The Morgan fingerprint density at radius 2 is 1.97 bits per heavy atom. The highest BCUT2D eigenvalue weighted by Gasteiger charge is 2.22. The normalized spacial score (nSPS) is 11.1. The minimum absolute atomic E-state index is 0.110. The fourth-order valence-corrected chi connectivity index (χ4v) is 3.41. The quantitative estimate of drug-likeness (QED) is 0.236. The molecule has 2 N–H and O–H groups in total. The Morgan fingerprint density at radius 3 is 2.69 bits per heavy atom. The molecule has 0 unspecified atom stereocenters. The van der Waals surface area contributed by atoms with Gasteiger partial charge in [-0.3, -0.25) is 9.78 Å². The number of aryl methyl sites for hydroxylation is 1. The van der Waals surface area contributed by atoms with Crippen molar-refractivity contribution in [2.75, 3.05) is 25.6 Å². The zero-order valence-corrected chi connectivity index (χ0v) is 17.9. The maximum atomic E-state index is 14.8. The molecule has 0 saturated carbocycles. The van der Waals surface area contributed by atoms with E-state index in [1.807, 2.05) is 19.1 Å². The molecular formula is C23H23FN6O2. The van der Waals surface area contributed by atoms with E-state index in [0.29, 0.717) is 42.1 Å². The minimum atomic E-state index is -0.814. The zero-order chi connectivity index (χ0) is 22.5. The molecule has 164 valence electrons. The molecule has 0 atom stereocenters. The van der Waals surface area contributed by atoms with Gasteiger partial charge in [-0.05, 0) is 30.2 Å². The maximum Gasteiger partial charge on any atom is 0.224 e. The van der Waals surface area contributed by atoms with Gasteiger partial charge in [0.05, 0.1) is 23.1 Å². The number of hydrogen-bond donors (Lipinski definition) is 2. The van der Waals surface area contributed by atoms with Gasteiger partial charge in [0.2, 0.25) is 5.95 Å². The first-order valence-electron chi connectivity index (χ1n) is 10.3. The van der Waals surface area contributed by atoms with Gasteiger partial charge in [-0.25, -0.2) is 15.0 Å². The number of aromatic amines is 1. The van der Waals surface area contributed by atoms with Crippen molar-refractivity contribution in [3.8, 4) is 0 Å². The highest BCUT2D eigenvalue weighted by molar-refractivity contribution is 6.17. The fraction of sp³-hybridized carbons (Fsp3) is 0.261. The van der Waals surface area contributed by atoms with E-state index in [0.717, 1.165) is 17.7 Å². The molecule has 4 heterocycles. The van der Waals surface area contributed by atoms with Crippen LogP contribution in [0.3, 0.4) is 0 Å². The molecule has 9 heteroatoms. The molecule has 0 aliphatic heterocycles. The number of pyridine rings is 2. The van der Waals surface area contributed by atoms with Crippen LogP contribution in [0.25, 0.3) is 11.0 Å². The molecule has 0 aromatic carbocycles. The first-order chi connectivity index (χ1) is 15.6. The average Bonchev–Trinajstić information content (AvgIpc) is 3.25. The lowest BCUT2D eigenvalue weighted by atomic mass is 10.0. The lowest BCUT2D eigenvalue weighted by Crippen LogP contribution is -2.11. The van der Waals surface area contributed by atoms with Crippen LogP contribution in [0, 0.1) is 5.95 Å². The van der Waals surface area contributed by atoms with Crippen LogP contribution in [-0.4, -0.2) is 51.0 Å². The van der Waals surface area contributed by atoms with E-state index in [9.17, 15) is 9.18 Å². The molecule has 0 aliphatic carbocycles. The molecule has 0 aliphatic rings. The number of hydrogen-bond acceptors (Lipinski definition) is 7. The van der Waals surface area contributed by atoms with Crippen LogP contribution in [0.5, 0.6) is 0 Å². The number of carbonyl (C=O) groups is 1. The van der Waals surface area contributed by atoms with Gasteiger partial charge in [0.1, 0.15) is 17.8 Å². The Balaban J connectivity index is 1.60. The van der Waals surface area contributed by atoms with Gasteiger partial charge in [0.15, 0.2) is 5.78 Å². The van der Waals surface area contributed by atoms with Crippen molar-refractivity contribution in [3.63, 3.8) is 0 Å². The summed E-state index contributed by atoms with van der Waals surface area (Å²) in [6, 6.07) is 7.02. The molecule has 0 bridgehead atoms. The molecule has 4 rings (SSSR count). The molecule has 4 aromatic heterocycles. The van der Waals surface area contributed by atoms with Crippen molar-refractivity contribution in [2.45, 2.75) is 19.8 Å². The monoisotopic (exact) mass is 434 g/mol. The van der Waals surface area contributed by atoms with Gasteiger partial charge in [-0.15, -0.1) is 0 Å². The Hall–Kier alpha value is -3.72. The van der Waals surface area contributed by atoms with E-state index in [1.165, 1.54) is 18.6 Å². The predicted octanol–water partition coefficient (Wildman–Crippen LogP) is 3.33. The number of rotatable bonds is 9. The molecule has 0 saturated heterocycles. The lowest BCUT2D eigenvalue weighted by Gasteiger charge is -2.08. The van der Waals surface area contributed by atoms with Gasteiger partial charge in [-0.1, -0.05) is 13.0 Å². The van der Waals surface area contributed by atoms with Crippen LogP contribution in [0.2, 0.25) is 0 Å². The average molecular weight is 434 g/mol. The summed E-state index contributed by atoms with van der Waals surface area (Å²) in [6.07, 6.45) is 5.95. The van der Waals surface area contributed by atoms with Crippen LogP contribution in [-0.2, 0) is 17.6 Å². The Kier molecular flexibility index (Phi) is 6.46. The van der Waals surface area contributed by atoms with Gasteiger partial charge in [-0.2, -0.15) is 4.39 Å². The number of fused-ring (bicyclic) bond motifs is 1. The molecule has 8 nitrogen and oxygen atoms in total. The van der Waals surface area contributed by atoms with Crippen LogP contribution in [0.4, 0.5) is 10.2 Å². The standard InChI is InChI=1S/C23H23FN6O2/c1-3-15-5-4-14(11-26-15)10-16-6-7-17(21(24)30-16)20(31)18-12-27-23-19(18)22(28-13-29-23)25-8-9-32-2/h4-7,11-13H,3,8-10H2,1-2H3,(H2,25,27,28,29). The Labute approximate surface area is 184 Å². The van der Waals surface area contributed by atoms with E-state index in [4.69, 9.17) is 4.74 Å². The lowest BCUT2D eigenvalue weighted by molar-refractivity contribution is 0.103. The smallest absolute Gasteiger partial charge is 0.224 e. The van der Waals surface area contributed by atoms with E-state index in [2.05, 4.69) is 30.2 Å². The largest absolute Gasteiger partial charge is 0.383 e. The number of nitrogens with one attached hydrogen (secondary N) is 2. The summed E-state index contributed by atoms with van der Waals surface area (Å²) in [5, 5.41) is 3.62. The van der Waals surface area contributed by atoms with Crippen LogP contribution in [0.1, 0.15) is 39.8 Å². The summed E-state index contributed by atoms with van der Waals surface area (Å²) in [5.41, 5.74) is 3.08. The number of anilines is 1. The number of ether oxygens (including phenoxy) is 1. The van der Waals surface area contributed by atoms with Crippen molar-refractivity contribution in [3.05, 3.63) is 77.0 Å². The van der Waals surface area contributed by atoms with E-state index in [1.54, 1.807) is 19.4 Å². The number of aromatic nitrogens is 5. The number of ketones is 1.